The van der Waals surface area contributed by atoms with Gasteiger partial charge >= 0.3 is 17.9 Å². The molecular weight excluding hydrogens is 853 g/mol. The molecule has 0 heterocycles. The molecule has 69 heavy (non-hydrogen) atoms. The van der Waals surface area contributed by atoms with Crippen molar-refractivity contribution in [2.45, 2.75) is 219 Å². The highest BCUT2D eigenvalue weighted by Gasteiger charge is 2.19. The summed E-state index contributed by atoms with van der Waals surface area (Å²) in [6.07, 6.45) is 80.0. The van der Waals surface area contributed by atoms with Crippen LogP contribution >= 0.6 is 0 Å². The summed E-state index contributed by atoms with van der Waals surface area (Å²) in [5.41, 5.74) is 0. The van der Waals surface area contributed by atoms with Gasteiger partial charge < -0.3 is 14.2 Å². The Labute approximate surface area is 423 Å². The molecule has 0 spiro atoms. The molecule has 386 valence electrons. The van der Waals surface area contributed by atoms with Gasteiger partial charge in [0.05, 0.1) is 0 Å². The zero-order valence-corrected chi connectivity index (χ0v) is 44.0. The van der Waals surface area contributed by atoms with E-state index in [1.54, 1.807) is 0 Å². The van der Waals surface area contributed by atoms with Crippen LogP contribution in [-0.2, 0) is 28.6 Å². The normalized spacial score (nSPS) is 13.3. The van der Waals surface area contributed by atoms with Gasteiger partial charge in [0.15, 0.2) is 6.10 Å². The van der Waals surface area contributed by atoms with Crippen LogP contribution in [0.15, 0.2) is 146 Å². The molecule has 0 aliphatic heterocycles. The van der Waals surface area contributed by atoms with Crippen LogP contribution in [0.25, 0.3) is 0 Å². The molecule has 0 N–H and O–H groups in total. The number of hydrogen-bond donors (Lipinski definition) is 0. The second-order valence-corrected chi connectivity index (χ2v) is 17.5. The zero-order chi connectivity index (χ0) is 50.0. The van der Waals surface area contributed by atoms with Gasteiger partial charge in [0.2, 0.25) is 0 Å². The molecule has 1 unspecified atom stereocenters. The summed E-state index contributed by atoms with van der Waals surface area (Å²) in [7, 11) is 0. The monoisotopic (exact) mass is 951 g/mol. The van der Waals surface area contributed by atoms with Gasteiger partial charge in [-0.1, -0.05) is 244 Å². The maximum Gasteiger partial charge on any atom is 0.306 e. The lowest BCUT2D eigenvalue weighted by Gasteiger charge is -2.18. The molecule has 0 aliphatic rings. The molecule has 0 bridgehead atoms. The van der Waals surface area contributed by atoms with Crippen LogP contribution < -0.4 is 0 Å². The molecule has 0 rings (SSSR count). The topological polar surface area (TPSA) is 78.9 Å². The van der Waals surface area contributed by atoms with E-state index in [4.69, 9.17) is 14.2 Å². The smallest absolute Gasteiger partial charge is 0.306 e. The molecule has 0 aromatic heterocycles. The molecule has 6 heteroatoms. The summed E-state index contributed by atoms with van der Waals surface area (Å²) < 4.78 is 16.7. The van der Waals surface area contributed by atoms with Crippen molar-refractivity contribution >= 4 is 17.9 Å². The highest BCUT2D eigenvalue weighted by molar-refractivity contribution is 5.71. The number of unbranched alkanes of at least 4 members (excludes halogenated alkanes) is 16. The van der Waals surface area contributed by atoms with Gasteiger partial charge in [-0.2, -0.15) is 0 Å². The first-order valence-electron chi connectivity index (χ1n) is 27.4. The summed E-state index contributed by atoms with van der Waals surface area (Å²) in [5, 5.41) is 0. The van der Waals surface area contributed by atoms with E-state index in [-0.39, 0.29) is 50.4 Å². The third kappa shape index (κ3) is 54.1. The molecular formula is C63H98O6. The Balaban J connectivity index is 4.59. The van der Waals surface area contributed by atoms with Crippen LogP contribution in [0, 0.1) is 0 Å². The van der Waals surface area contributed by atoms with E-state index in [0.717, 1.165) is 70.6 Å². The summed E-state index contributed by atoms with van der Waals surface area (Å²) in [6.45, 7) is 6.23. The largest absolute Gasteiger partial charge is 0.462 e. The maximum absolute atomic E-state index is 12.8. The van der Waals surface area contributed by atoms with E-state index in [9.17, 15) is 14.4 Å². The second kappa shape index (κ2) is 55.9. The Kier molecular flexibility index (Phi) is 52.1. The zero-order valence-electron chi connectivity index (χ0n) is 44.0. The first-order chi connectivity index (χ1) is 34.0. The van der Waals surface area contributed by atoms with Gasteiger partial charge in [-0.3, -0.25) is 14.4 Å². The van der Waals surface area contributed by atoms with Crippen molar-refractivity contribution < 1.29 is 28.6 Å². The summed E-state index contributed by atoms with van der Waals surface area (Å²) >= 11 is 0. The number of carbonyl (C=O) groups excluding carboxylic acids is 3. The van der Waals surface area contributed by atoms with Crippen molar-refractivity contribution in [3.8, 4) is 0 Å². The van der Waals surface area contributed by atoms with Crippen LogP contribution in [0.4, 0.5) is 0 Å². The average molecular weight is 951 g/mol. The number of hydrogen-bond acceptors (Lipinski definition) is 6. The fourth-order valence-electron chi connectivity index (χ4n) is 6.90. The number of allylic oxidation sites excluding steroid dienone is 24. The highest BCUT2D eigenvalue weighted by Crippen LogP contribution is 2.13. The van der Waals surface area contributed by atoms with Gasteiger partial charge in [0.25, 0.3) is 0 Å². The van der Waals surface area contributed by atoms with E-state index >= 15 is 0 Å². The lowest BCUT2D eigenvalue weighted by Crippen LogP contribution is -2.30. The van der Waals surface area contributed by atoms with Gasteiger partial charge in [0, 0.05) is 19.3 Å². The summed E-state index contributed by atoms with van der Waals surface area (Å²) in [4.78, 5) is 38.0. The molecule has 0 aliphatic carbocycles. The quantitative estimate of drug-likeness (QED) is 0.0199. The molecule has 0 fully saturated rings. The Hall–Kier alpha value is -4.71. The second-order valence-electron chi connectivity index (χ2n) is 17.5. The predicted octanol–water partition coefficient (Wildman–Crippen LogP) is 18.4. The minimum absolute atomic E-state index is 0.146. The number of ether oxygens (including phenoxy) is 3. The van der Waals surface area contributed by atoms with Crippen molar-refractivity contribution in [3.63, 3.8) is 0 Å². The number of esters is 3. The highest BCUT2D eigenvalue weighted by atomic mass is 16.6. The van der Waals surface area contributed by atoms with Crippen LogP contribution in [0.5, 0.6) is 0 Å². The molecule has 0 saturated heterocycles. The standard InChI is InChI=1S/C63H98O6/c1-4-7-10-13-16-19-22-25-27-29-31-33-35-38-41-44-47-50-53-56-62(65)68-59-60(58-67-61(64)55-52-49-46-43-40-37-24-21-18-15-12-9-6-3)69-63(66)57-54-51-48-45-42-39-36-34-32-30-28-26-23-20-17-14-11-8-5-2/h7,9-10,12,15-16,18-19,21,24-25,27,30-33,37-38,40-41,43,46-47,50,60H,4-6,8,11,13-14,17,20,22-23,26,28-29,34-36,39,42,44-45,48-49,51-59H2,1-3H3/b10-7-,12-9-,18-15-,19-16-,24-21-,27-25-,32-30-,33-31-,40-37-,41-38-,46-43-,50-47-. The molecule has 0 radical (unpaired) electrons. The molecule has 0 amide bonds. The van der Waals surface area contributed by atoms with Crippen molar-refractivity contribution in [3.05, 3.63) is 146 Å². The van der Waals surface area contributed by atoms with E-state index in [2.05, 4.69) is 99.8 Å². The number of carbonyl (C=O) groups is 3. The summed E-state index contributed by atoms with van der Waals surface area (Å²) in [5.74, 6) is -1.11. The molecule has 0 saturated carbocycles. The van der Waals surface area contributed by atoms with E-state index in [1.165, 1.54) is 89.9 Å². The van der Waals surface area contributed by atoms with E-state index in [0.29, 0.717) is 12.8 Å². The van der Waals surface area contributed by atoms with Gasteiger partial charge in [-0.05, 0) is 96.3 Å². The average Bonchev–Trinajstić information content (AvgIpc) is 3.35. The molecule has 1 atom stereocenters. The van der Waals surface area contributed by atoms with Gasteiger partial charge in [-0.25, -0.2) is 0 Å². The van der Waals surface area contributed by atoms with Crippen molar-refractivity contribution in [1.82, 2.24) is 0 Å². The van der Waals surface area contributed by atoms with Crippen molar-refractivity contribution in [2.75, 3.05) is 13.2 Å². The SMILES string of the molecule is CC\C=C/C=C\C=C/C=C\C=C/CCCC(=O)OCC(COC(=O)CC/C=C\C/C=C\C/C=C\C/C=C\C/C=C\C/C=C\CC)OC(=O)CCCCCCCCC/C=C\CCCCCCCCCC. The Morgan fingerprint density at radius 3 is 1.17 bits per heavy atom. The van der Waals surface area contributed by atoms with E-state index in [1.807, 2.05) is 66.8 Å². The Bertz CT molecular complexity index is 1560. The fraction of sp³-hybridized carbons (Fsp3) is 0.571. The minimum Gasteiger partial charge on any atom is -0.462 e. The van der Waals surface area contributed by atoms with Crippen LogP contribution in [0.3, 0.4) is 0 Å². The van der Waals surface area contributed by atoms with Crippen molar-refractivity contribution in [1.29, 1.82) is 0 Å². The van der Waals surface area contributed by atoms with Gasteiger partial charge in [0.1, 0.15) is 13.2 Å². The van der Waals surface area contributed by atoms with Crippen molar-refractivity contribution in [2.24, 2.45) is 0 Å². The lowest BCUT2D eigenvalue weighted by molar-refractivity contribution is -0.166. The first-order valence-corrected chi connectivity index (χ1v) is 27.4. The van der Waals surface area contributed by atoms with Crippen LogP contribution in [0.2, 0.25) is 0 Å². The maximum atomic E-state index is 12.8. The van der Waals surface area contributed by atoms with Crippen LogP contribution in [-0.4, -0.2) is 37.2 Å². The van der Waals surface area contributed by atoms with Crippen LogP contribution in [0.1, 0.15) is 213 Å². The Morgan fingerprint density at radius 1 is 0.319 bits per heavy atom. The number of rotatable bonds is 47. The third-order valence-corrected chi connectivity index (χ3v) is 11.0. The minimum atomic E-state index is -0.846. The Morgan fingerprint density at radius 2 is 0.681 bits per heavy atom. The predicted molar refractivity (Wildman–Crippen MR) is 297 cm³/mol. The summed E-state index contributed by atoms with van der Waals surface area (Å²) in [6, 6.07) is 0. The first kappa shape index (κ1) is 64.3. The third-order valence-electron chi connectivity index (χ3n) is 11.0. The van der Waals surface area contributed by atoms with E-state index < -0.39 is 6.10 Å². The fourth-order valence-corrected chi connectivity index (χ4v) is 6.90. The molecule has 0 aromatic rings. The lowest BCUT2D eigenvalue weighted by atomic mass is 10.1. The molecule has 0 aromatic carbocycles. The molecule has 6 nitrogen and oxygen atoms in total. The van der Waals surface area contributed by atoms with Gasteiger partial charge in [-0.15, -0.1) is 0 Å².